The van der Waals surface area contributed by atoms with E-state index in [1.807, 2.05) is 30.3 Å². The molecule has 0 saturated heterocycles. The molecule has 5 heteroatoms. The van der Waals surface area contributed by atoms with Crippen LogP contribution in [-0.2, 0) is 18.0 Å². The molecular formula is C21H17NO3S. The largest absolute Gasteiger partial charge is 0.507 e. The number of nitrogens with zero attached hydrogens (tertiary/aromatic N) is 1. The lowest BCUT2D eigenvalue weighted by atomic mass is 9.99. The van der Waals surface area contributed by atoms with Gasteiger partial charge in [-0.2, -0.15) is 8.42 Å². The van der Waals surface area contributed by atoms with Gasteiger partial charge in [-0.1, -0.05) is 60.2 Å². The summed E-state index contributed by atoms with van der Waals surface area (Å²) in [6, 6.07) is 22.1. The SMILES string of the molecule is Cc1ccc2c(c1)CC(c1ccc(-c3ccccc3O)cc1)=N2.O=S=O. The Morgan fingerprint density at radius 3 is 2.27 bits per heavy atom. The highest BCUT2D eigenvalue weighted by Gasteiger charge is 2.16. The summed E-state index contributed by atoms with van der Waals surface area (Å²) in [6.45, 7) is 2.11. The average molecular weight is 363 g/mol. The van der Waals surface area contributed by atoms with Gasteiger partial charge in [-0.3, -0.25) is 4.99 Å². The van der Waals surface area contributed by atoms with Crippen LogP contribution in [0.1, 0.15) is 16.7 Å². The van der Waals surface area contributed by atoms with Crippen LogP contribution in [0.3, 0.4) is 0 Å². The van der Waals surface area contributed by atoms with E-state index < -0.39 is 11.6 Å². The second-order valence-corrected chi connectivity index (χ2v) is 6.17. The molecule has 1 N–H and O–H groups in total. The van der Waals surface area contributed by atoms with Crippen molar-refractivity contribution in [2.45, 2.75) is 13.3 Å². The van der Waals surface area contributed by atoms with Gasteiger partial charge in [0.1, 0.15) is 5.75 Å². The minimum Gasteiger partial charge on any atom is -0.507 e. The monoisotopic (exact) mass is 363 g/mol. The van der Waals surface area contributed by atoms with Crippen LogP contribution in [-0.4, -0.2) is 19.2 Å². The first-order chi connectivity index (χ1) is 12.6. The summed E-state index contributed by atoms with van der Waals surface area (Å²) < 4.78 is 16.6. The lowest BCUT2D eigenvalue weighted by Crippen LogP contribution is -2.00. The van der Waals surface area contributed by atoms with Gasteiger partial charge < -0.3 is 5.11 Å². The summed E-state index contributed by atoms with van der Waals surface area (Å²) in [5, 5.41) is 9.97. The maximum atomic E-state index is 9.97. The van der Waals surface area contributed by atoms with Gasteiger partial charge in [0.25, 0.3) is 0 Å². The molecule has 0 fully saturated rings. The van der Waals surface area contributed by atoms with Crippen molar-refractivity contribution < 1.29 is 13.5 Å². The van der Waals surface area contributed by atoms with Crippen molar-refractivity contribution in [2.24, 2.45) is 4.99 Å². The number of hydrogen-bond acceptors (Lipinski definition) is 4. The Morgan fingerprint density at radius 2 is 1.58 bits per heavy atom. The Hall–Kier alpha value is -3.05. The molecule has 0 amide bonds. The van der Waals surface area contributed by atoms with E-state index in [0.29, 0.717) is 5.75 Å². The highest BCUT2D eigenvalue weighted by Crippen LogP contribution is 2.32. The molecule has 0 atom stereocenters. The van der Waals surface area contributed by atoms with E-state index in [2.05, 4.69) is 37.3 Å². The zero-order valence-electron chi connectivity index (χ0n) is 14.2. The molecule has 3 aromatic rings. The van der Waals surface area contributed by atoms with Crippen LogP contribution in [0.5, 0.6) is 5.75 Å². The van der Waals surface area contributed by atoms with E-state index in [1.54, 1.807) is 6.07 Å². The molecule has 0 unspecified atom stereocenters. The first kappa shape index (κ1) is 17.8. The fourth-order valence-electron chi connectivity index (χ4n) is 3.06. The minimum absolute atomic E-state index is 0.307. The summed E-state index contributed by atoms with van der Waals surface area (Å²) in [7, 11) is 0. The number of para-hydroxylation sites is 1. The van der Waals surface area contributed by atoms with Crippen LogP contribution in [0.25, 0.3) is 11.1 Å². The van der Waals surface area contributed by atoms with Crippen LogP contribution in [0, 0.1) is 6.92 Å². The van der Waals surface area contributed by atoms with Gasteiger partial charge in [-0.05, 0) is 35.7 Å². The van der Waals surface area contributed by atoms with Crippen LogP contribution in [0.15, 0.2) is 71.7 Å². The Morgan fingerprint density at radius 1 is 0.923 bits per heavy atom. The average Bonchev–Trinajstić information content (AvgIpc) is 3.06. The van der Waals surface area contributed by atoms with Gasteiger partial charge in [-0.25, -0.2) is 0 Å². The molecule has 1 heterocycles. The second kappa shape index (κ2) is 7.89. The summed E-state index contributed by atoms with van der Waals surface area (Å²) >= 11 is -0.750. The third-order valence-corrected chi connectivity index (χ3v) is 4.28. The van der Waals surface area contributed by atoms with E-state index in [0.717, 1.165) is 34.5 Å². The number of fused-ring (bicyclic) bond motifs is 1. The zero-order valence-corrected chi connectivity index (χ0v) is 15.0. The van der Waals surface area contributed by atoms with Crippen LogP contribution >= 0.6 is 0 Å². The number of benzene rings is 3. The molecule has 0 spiro atoms. The highest BCUT2D eigenvalue weighted by atomic mass is 32.1. The van der Waals surface area contributed by atoms with Crippen molar-refractivity contribution in [1.82, 2.24) is 0 Å². The zero-order chi connectivity index (χ0) is 18.5. The topological polar surface area (TPSA) is 66.7 Å². The lowest BCUT2D eigenvalue weighted by molar-refractivity contribution is 0.477. The number of phenols is 1. The molecular weight excluding hydrogens is 346 g/mol. The molecule has 1 aliphatic rings. The molecule has 1 aliphatic heterocycles. The van der Waals surface area contributed by atoms with Crippen LogP contribution < -0.4 is 0 Å². The second-order valence-electron chi connectivity index (χ2n) is 6.03. The van der Waals surface area contributed by atoms with E-state index in [4.69, 9.17) is 13.4 Å². The fourth-order valence-corrected chi connectivity index (χ4v) is 3.06. The van der Waals surface area contributed by atoms with Gasteiger partial charge in [0.15, 0.2) is 0 Å². The van der Waals surface area contributed by atoms with Crippen molar-refractivity contribution in [3.05, 3.63) is 83.4 Å². The number of phenolic OH excluding ortho intramolecular Hbond substituents is 1. The Labute approximate surface area is 155 Å². The van der Waals surface area contributed by atoms with Gasteiger partial charge >= 0.3 is 11.6 Å². The molecule has 130 valence electrons. The van der Waals surface area contributed by atoms with Gasteiger partial charge in [0, 0.05) is 12.0 Å². The molecule has 0 aromatic heterocycles. The minimum atomic E-state index is -0.750. The maximum Gasteiger partial charge on any atom is 0.335 e. The molecule has 0 aliphatic carbocycles. The number of hydrogen-bond donors (Lipinski definition) is 1. The Balaban J connectivity index is 0.000000613. The van der Waals surface area contributed by atoms with Crippen molar-refractivity contribution in [3.63, 3.8) is 0 Å². The van der Waals surface area contributed by atoms with E-state index >= 15 is 0 Å². The number of aromatic hydroxyl groups is 1. The predicted octanol–water partition coefficient (Wildman–Crippen LogP) is 4.37. The molecule has 0 bridgehead atoms. The van der Waals surface area contributed by atoms with Crippen LogP contribution in [0.2, 0.25) is 0 Å². The van der Waals surface area contributed by atoms with Crippen molar-refractivity contribution in [2.75, 3.05) is 0 Å². The lowest BCUT2D eigenvalue weighted by Gasteiger charge is -2.06. The van der Waals surface area contributed by atoms with Crippen molar-refractivity contribution in [1.29, 1.82) is 0 Å². The predicted molar refractivity (Wildman–Crippen MR) is 104 cm³/mol. The fraction of sp³-hybridized carbons (Fsp3) is 0.0952. The number of rotatable bonds is 2. The summed E-state index contributed by atoms with van der Waals surface area (Å²) in [6.07, 6.45) is 0.882. The standard InChI is InChI=1S/C21H17NO.O2S/c1-14-6-11-19-17(12-14)13-20(22-19)16-9-7-15(8-10-16)18-4-2-3-5-21(18)23;1-3-2/h2-12,23H,13H2,1H3;. The number of aryl methyl sites for hydroxylation is 1. The first-order valence-electron chi connectivity index (χ1n) is 8.10. The van der Waals surface area contributed by atoms with E-state index in [9.17, 15) is 5.11 Å². The number of aliphatic imine (C=N–C) groups is 1. The smallest absolute Gasteiger partial charge is 0.335 e. The van der Waals surface area contributed by atoms with Crippen molar-refractivity contribution >= 4 is 23.0 Å². The van der Waals surface area contributed by atoms with Gasteiger partial charge in [-0.15, -0.1) is 0 Å². The van der Waals surface area contributed by atoms with Crippen molar-refractivity contribution in [3.8, 4) is 16.9 Å². The molecule has 0 saturated carbocycles. The normalized spacial score (nSPS) is 11.8. The molecule has 4 nitrogen and oxygen atoms in total. The molecule has 4 rings (SSSR count). The third-order valence-electron chi connectivity index (χ3n) is 4.28. The van der Waals surface area contributed by atoms with Gasteiger partial charge in [0.05, 0.1) is 11.4 Å². The van der Waals surface area contributed by atoms with Gasteiger partial charge in [0.2, 0.25) is 0 Å². The van der Waals surface area contributed by atoms with Crippen LogP contribution in [0.4, 0.5) is 5.69 Å². The third kappa shape index (κ3) is 3.78. The first-order valence-corrected chi connectivity index (χ1v) is 8.76. The Kier molecular flexibility index (Phi) is 5.39. The van der Waals surface area contributed by atoms with E-state index in [-0.39, 0.29) is 0 Å². The highest BCUT2D eigenvalue weighted by molar-refractivity contribution is 7.51. The maximum absolute atomic E-state index is 9.97. The summed E-state index contributed by atoms with van der Waals surface area (Å²) in [4.78, 5) is 4.75. The quantitative estimate of drug-likeness (QED) is 0.735. The molecule has 26 heavy (non-hydrogen) atoms. The molecule has 3 aromatic carbocycles. The molecule has 0 radical (unpaired) electrons. The Bertz CT molecular complexity index is 1000. The summed E-state index contributed by atoms with van der Waals surface area (Å²) in [5.41, 5.74) is 7.76. The van der Waals surface area contributed by atoms with E-state index in [1.165, 1.54) is 11.1 Å². The summed E-state index contributed by atoms with van der Waals surface area (Å²) in [5.74, 6) is 0.307.